The van der Waals surface area contributed by atoms with Crippen molar-refractivity contribution < 1.29 is 60.4 Å². The molecule has 8 nitrogen and oxygen atoms in total. The lowest BCUT2D eigenvalue weighted by molar-refractivity contribution is -0.275. The molecule has 3 rings (SSSR count). The smallest absolute Gasteiger partial charge is 0.481 e. The predicted molar refractivity (Wildman–Crippen MR) is 124 cm³/mol. The Balaban J connectivity index is 2.21. The van der Waals surface area contributed by atoms with E-state index in [4.69, 9.17) is 0 Å². The monoisotopic (exact) mass is 571 g/mol. The number of carboxylic acid groups (broad SMARTS) is 2. The van der Waals surface area contributed by atoms with Gasteiger partial charge in [-0.05, 0) is 47.5 Å². The summed E-state index contributed by atoms with van der Waals surface area (Å²) in [6, 6.07) is 14.1. The maximum absolute atomic E-state index is 13.2. The summed E-state index contributed by atoms with van der Waals surface area (Å²) in [5.41, 5.74) is -3.16. The molecule has 14 heteroatoms. The van der Waals surface area contributed by atoms with Gasteiger partial charge in [0.25, 0.3) is 5.91 Å². The van der Waals surface area contributed by atoms with Crippen LogP contribution in [0.1, 0.15) is 33.8 Å². The lowest BCUT2D eigenvalue weighted by Gasteiger charge is -2.38. The maximum Gasteiger partial charge on any atom is 0.573 e. The summed E-state index contributed by atoms with van der Waals surface area (Å²) in [7, 11) is 0. The number of ether oxygens (including phenoxy) is 2. The fourth-order valence-electron chi connectivity index (χ4n) is 4.04. The molecular formula is C26H19F6NO7. The van der Waals surface area contributed by atoms with E-state index in [-0.39, 0.29) is 16.7 Å². The highest BCUT2D eigenvalue weighted by molar-refractivity contribution is 5.99. The van der Waals surface area contributed by atoms with E-state index in [1.807, 2.05) is 0 Å². The Kier molecular flexibility index (Phi) is 8.61. The summed E-state index contributed by atoms with van der Waals surface area (Å²) in [4.78, 5) is 38.0. The molecule has 0 aliphatic rings. The van der Waals surface area contributed by atoms with E-state index in [2.05, 4.69) is 14.8 Å². The van der Waals surface area contributed by atoms with Crippen LogP contribution in [0, 0.1) is 0 Å². The van der Waals surface area contributed by atoms with Crippen molar-refractivity contribution in [2.24, 2.45) is 0 Å². The lowest BCUT2D eigenvalue weighted by Crippen LogP contribution is -2.56. The number of nitrogens with one attached hydrogen (secondary N) is 1. The van der Waals surface area contributed by atoms with Crippen LogP contribution in [0.15, 0.2) is 78.9 Å². The summed E-state index contributed by atoms with van der Waals surface area (Å²) in [6.07, 6.45) is -11.1. The van der Waals surface area contributed by atoms with E-state index >= 15 is 0 Å². The number of carboxylic acids is 2. The molecule has 1 amide bonds. The number of carbonyl (C=O) groups excluding carboxylic acids is 1. The zero-order chi connectivity index (χ0) is 29.7. The normalized spacial score (nSPS) is 13.9. The molecule has 3 aromatic carbocycles. The second-order valence-electron chi connectivity index (χ2n) is 8.27. The zero-order valence-electron chi connectivity index (χ0n) is 20.0. The number of rotatable bonds is 10. The highest BCUT2D eigenvalue weighted by Gasteiger charge is 2.51. The molecule has 3 N–H and O–H groups in total. The largest absolute Gasteiger partial charge is 0.573 e. The summed E-state index contributed by atoms with van der Waals surface area (Å²) in [5, 5.41) is 22.4. The first-order valence-electron chi connectivity index (χ1n) is 11.2. The topological polar surface area (TPSA) is 122 Å². The number of hydrogen-bond acceptors (Lipinski definition) is 5. The predicted octanol–water partition coefficient (Wildman–Crippen LogP) is 5.45. The van der Waals surface area contributed by atoms with Crippen molar-refractivity contribution >= 4 is 17.8 Å². The Hall–Kier alpha value is -4.75. The molecule has 0 fully saturated rings. The Morgan fingerprint density at radius 3 is 1.62 bits per heavy atom. The molecule has 40 heavy (non-hydrogen) atoms. The molecule has 0 bridgehead atoms. The number of hydrogen-bond donors (Lipinski definition) is 3. The quantitative estimate of drug-likeness (QED) is 0.277. The molecule has 0 saturated carbocycles. The van der Waals surface area contributed by atoms with Gasteiger partial charge in [0.05, 0.1) is 6.42 Å². The van der Waals surface area contributed by atoms with Crippen LogP contribution in [0.2, 0.25) is 0 Å². The van der Waals surface area contributed by atoms with Gasteiger partial charge in [-0.15, -0.1) is 26.3 Å². The molecule has 0 saturated heterocycles. The van der Waals surface area contributed by atoms with E-state index in [1.54, 1.807) is 6.07 Å². The van der Waals surface area contributed by atoms with Gasteiger partial charge in [-0.2, -0.15) is 0 Å². The van der Waals surface area contributed by atoms with E-state index in [0.29, 0.717) is 0 Å². The minimum Gasteiger partial charge on any atom is -0.481 e. The Morgan fingerprint density at radius 2 is 1.20 bits per heavy atom. The number of carbonyl (C=O) groups is 3. The van der Waals surface area contributed by atoms with E-state index in [1.165, 1.54) is 24.3 Å². The van der Waals surface area contributed by atoms with Crippen molar-refractivity contribution in [3.8, 4) is 11.5 Å². The van der Waals surface area contributed by atoms with Crippen molar-refractivity contribution in [2.75, 3.05) is 0 Å². The van der Waals surface area contributed by atoms with Crippen molar-refractivity contribution in [1.82, 2.24) is 5.32 Å². The molecule has 0 heterocycles. The number of benzene rings is 3. The minimum absolute atomic E-state index is 0.0341. The van der Waals surface area contributed by atoms with Gasteiger partial charge in [0.1, 0.15) is 11.5 Å². The van der Waals surface area contributed by atoms with Crippen LogP contribution < -0.4 is 14.8 Å². The molecule has 0 aromatic heterocycles. The van der Waals surface area contributed by atoms with Crippen LogP contribution in [0.4, 0.5) is 26.3 Å². The van der Waals surface area contributed by atoms with Gasteiger partial charge in [-0.25, -0.2) is 4.79 Å². The van der Waals surface area contributed by atoms with Crippen molar-refractivity contribution in [1.29, 1.82) is 0 Å². The maximum atomic E-state index is 13.2. The third-order valence-corrected chi connectivity index (χ3v) is 5.64. The Morgan fingerprint density at radius 1 is 0.725 bits per heavy atom. The SMILES string of the molecule is O=C(O)CC(c1ccc(OC(F)(F)F)cc1)C(NC(=O)c1ccccc1)(C(=O)O)c1ccc(OC(F)(F)F)cc1. The number of aliphatic carboxylic acids is 2. The van der Waals surface area contributed by atoms with Crippen molar-refractivity contribution in [3.05, 3.63) is 95.6 Å². The van der Waals surface area contributed by atoms with Gasteiger partial charge in [0.15, 0.2) is 5.54 Å². The van der Waals surface area contributed by atoms with Gasteiger partial charge in [0, 0.05) is 11.5 Å². The third kappa shape index (κ3) is 7.42. The van der Waals surface area contributed by atoms with Crippen molar-refractivity contribution in [2.45, 2.75) is 30.6 Å². The summed E-state index contributed by atoms with van der Waals surface area (Å²) in [6.45, 7) is 0. The Bertz CT molecular complexity index is 1340. The Labute approximate surface area is 221 Å². The number of alkyl halides is 6. The van der Waals surface area contributed by atoms with Crippen LogP contribution in [-0.2, 0) is 15.1 Å². The molecule has 3 aromatic rings. The first-order valence-corrected chi connectivity index (χ1v) is 11.2. The zero-order valence-corrected chi connectivity index (χ0v) is 20.0. The number of amides is 1. The third-order valence-electron chi connectivity index (χ3n) is 5.64. The molecule has 0 radical (unpaired) electrons. The summed E-state index contributed by atoms with van der Waals surface area (Å²) < 4.78 is 83.5. The average Bonchev–Trinajstić information content (AvgIpc) is 2.85. The standard InChI is InChI=1S/C26H19F6NO7/c27-25(28,29)39-18-10-6-15(7-11-18)20(14-21(34)35)24(23(37)38,33-22(36)16-4-2-1-3-5-16)17-8-12-19(13-9-17)40-26(30,31)32/h1-13,20H,14H2,(H,33,36)(H,34,35)(H,37,38). The van der Waals surface area contributed by atoms with Crippen LogP contribution in [0.25, 0.3) is 0 Å². The fourth-order valence-corrected chi connectivity index (χ4v) is 4.04. The van der Waals surface area contributed by atoms with E-state index in [0.717, 1.165) is 48.5 Å². The van der Waals surface area contributed by atoms with Gasteiger partial charge >= 0.3 is 24.7 Å². The molecule has 0 spiro atoms. The molecule has 212 valence electrons. The minimum atomic E-state index is -5.07. The van der Waals surface area contributed by atoms with E-state index < -0.39 is 59.9 Å². The summed E-state index contributed by atoms with van der Waals surface area (Å²) in [5.74, 6) is -7.43. The molecule has 2 atom stereocenters. The second-order valence-corrected chi connectivity index (χ2v) is 8.27. The molecule has 0 aliphatic heterocycles. The van der Waals surface area contributed by atoms with Crippen LogP contribution in [0.3, 0.4) is 0 Å². The van der Waals surface area contributed by atoms with Crippen LogP contribution >= 0.6 is 0 Å². The first kappa shape index (κ1) is 29.8. The van der Waals surface area contributed by atoms with Crippen molar-refractivity contribution in [3.63, 3.8) is 0 Å². The molecule has 2 unspecified atom stereocenters. The second kappa shape index (κ2) is 11.6. The van der Waals surface area contributed by atoms with Gasteiger partial charge < -0.3 is 25.0 Å². The fraction of sp³-hybridized carbons (Fsp3) is 0.192. The van der Waals surface area contributed by atoms with Crippen LogP contribution in [-0.4, -0.2) is 40.8 Å². The van der Waals surface area contributed by atoms with E-state index in [9.17, 15) is 50.9 Å². The molecular weight excluding hydrogens is 552 g/mol. The lowest BCUT2D eigenvalue weighted by atomic mass is 9.72. The summed E-state index contributed by atoms with van der Waals surface area (Å²) >= 11 is 0. The average molecular weight is 571 g/mol. The van der Waals surface area contributed by atoms with Gasteiger partial charge in [-0.3, -0.25) is 9.59 Å². The van der Waals surface area contributed by atoms with Gasteiger partial charge in [-0.1, -0.05) is 42.5 Å². The molecule has 0 aliphatic carbocycles. The highest BCUT2D eigenvalue weighted by Crippen LogP contribution is 2.42. The first-order chi connectivity index (χ1) is 18.6. The van der Waals surface area contributed by atoms with Gasteiger partial charge in [0.2, 0.25) is 0 Å². The highest BCUT2D eigenvalue weighted by atomic mass is 19.4. The van der Waals surface area contributed by atoms with Crippen LogP contribution in [0.5, 0.6) is 11.5 Å². The number of halogens is 6.